The predicted octanol–water partition coefficient (Wildman–Crippen LogP) is 4.64. The predicted molar refractivity (Wildman–Crippen MR) is 143 cm³/mol. The molecule has 2 N–H and O–H groups in total. The smallest absolute Gasteiger partial charge is 0.346 e. The lowest BCUT2D eigenvalue weighted by Crippen LogP contribution is -2.55. The van der Waals surface area contributed by atoms with Gasteiger partial charge in [0.05, 0.1) is 4.90 Å². The van der Waals surface area contributed by atoms with Crippen LogP contribution in [0.1, 0.15) is 51.0 Å². The van der Waals surface area contributed by atoms with E-state index in [2.05, 4.69) is 44.4 Å². The first-order chi connectivity index (χ1) is 17.3. The topological polar surface area (TPSA) is 98.9 Å². The molecular weight excluding hydrogens is 544 g/mol. The maximum absolute atomic E-state index is 13.7. The molecule has 2 aromatic carbocycles. The number of carbonyl (C=O) groups is 1. The maximum atomic E-state index is 13.7. The first-order valence-corrected chi connectivity index (χ1v) is 14.4. The van der Waals surface area contributed by atoms with Gasteiger partial charge < -0.3 is 9.57 Å². The zero-order valence-corrected chi connectivity index (χ0v) is 22.9. The number of carbonyl (C=O) groups excluding carboxylic acids is 1. The van der Waals surface area contributed by atoms with Gasteiger partial charge in [-0.1, -0.05) is 59.7 Å². The molecule has 1 aliphatic rings. The quantitative estimate of drug-likeness (QED) is 0.250. The molecule has 0 unspecified atom stereocenters. The summed E-state index contributed by atoms with van der Waals surface area (Å²) in [6.45, 7) is 3.88. The van der Waals surface area contributed by atoms with E-state index in [1.807, 2.05) is 24.3 Å². The van der Waals surface area contributed by atoms with Crippen molar-refractivity contribution in [3.8, 4) is 17.6 Å². The van der Waals surface area contributed by atoms with Gasteiger partial charge in [-0.2, -0.15) is 5.90 Å². The molecule has 0 aliphatic carbocycles. The van der Waals surface area contributed by atoms with Crippen molar-refractivity contribution in [2.24, 2.45) is 5.90 Å². The molecule has 0 aromatic heterocycles. The van der Waals surface area contributed by atoms with Gasteiger partial charge in [-0.25, -0.2) is 13.2 Å². The number of unbranched alkanes of at least 4 members (excludes halogenated alkanes) is 3. The van der Waals surface area contributed by atoms with Crippen LogP contribution < -0.4 is 10.6 Å². The van der Waals surface area contributed by atoms with E-state index in [1.165, 1.54) is 12.1 Å². The lowest BCUT2D eigenvalue weighted by atomic mass is 9.95. The first kappa shape index (κ1) is 28.2. The third kappa shape index (κ3) is 6.88. The van der Waals surface area contributed by atoms with Gasteiger partial charge in [0.25, 0.3) is 0 Å². The van der Waals surface area contributed by atoms with E-state index in [1.54, 1.807) is 12.1 Å². The molecule has 194 valence electrons. The number of likely N-dealkylation sites (tertiary alicyclic amines) is 1. The molecule has 7 nitrogen and oxygen atoms in total. The van der Waals surface area contributed by atoms with Crippen molar-refractivity contribution >= 4 is 31.7 Å². The van der Waals surface area contributed by atoms with Crippen LogP contribution in [0.3, 0.4) is 0 Å². The van der Waals surface area contributed by atoms with E-state index in [9.17, 15) is 13.2 Å². The van der Waals surface area contributed by atoms with Gasteiger partial charge in [-0.05, 0) is 61.2 Å². The summed E-state index contributed by atoms with van der Waals surface area (Å²) in [4.78, 5) is 19.4. The maximum Gasteiger partial charge on any atom is 0.346 e. The molecule has 0 amide bonds. The molecular formula is C27H33BrN2O5S. The SMILES string of the molecule is CCCCCC#CCOc1ccc(S(=O)(=O)C2(C(=O)ON)CCN(Cc3ccc(Br)cc3)CC2)cc1. The monoisotopic (exact) mass is 576 g/mol. The van der Waals surface area contributed by atoms with E-state index in [-0.39, 0.29) is 24.3 Å². The second-order valence-electron chi connectivity index (χ2n) is 8.88. The largest absolute Gasteiger partial charge is 0.481 e. The highest BCUT2D eigenvalue weighted by Gasteiger charge is 2.54. The molecule has 0 saturated carbocycles. The lowest BCUT2D eigenvalue weighted by Gasteiger charge is -2.38. The minimum Gasteiger partial charge on any atom is -0.481 e. The van der Waals surface area contributed by atoms with E-state index in [0.29, 0.717) is 25.4 Å². The van der Waals surface area contributed by atoms with Gasteiger partial charge in [0.1, 0.15) is 12.4 Å². The fraction of sp³-hybridized carbons (Fsp3) is 0.444. The summed E-state index contributed by atoms with van der Waals surface area (Å²) in [5.74, 6) is 10.8. The fourth-order valence-corrected chi connectivity index (χ4v) is 6.47. The highest BCUT2D eigenvalue weighted by molar-refractivity contribution is 9.10. The van der Waals surface area contributed by atoms with Crippen molar-refractivity contribution in [1.82, 2.24) is 4.90 Å². The Kier molecular flexibility index (Phi) is 10.4. The van der Waals surface area contributed by atoms with Crippen LogP contribution in [0.25, 0.3) is 0 Å². The highest BCUT2D eigenvalue weighted by Crippen LogP contribution is 2.37. The Labute approximate surface area is 222 Å². The van der Waals surface area contributed by atoms with Crippen LogP contribution in [0, 0.1) is 11.8 Å². The highest BCUT2D eigenvalue weighted by atomic mass is 79.9. The number of hydrogen-bond acceptors (Lipinski definition) is 7. The van der Waals surface area contributed by atoms with Crippen molar-refractivity contribution in [2.75, 3.05) is 19.7 Å². The van der Waals surface area contributed by atoms with E-state index in [0.717, 1.165) is 35.7 Å². The van der Waals surface area contributed by atoms with Gasteiger partial charge in [0, 0.05) is 30.5 Å². The average molecular weight is 578 g/mol. The Bertz CT molecular complexity index is 1160. The summed E-state index contributed by atoms with van der Waals surface area (Å²) in [7, 11) is -4.06. The number of hydrogen-bond donors (Lipinski definition) is 1. The molecule has 3 rings (SSSR count). The number of benzene rings is 2. The molecule has 0 spiro atoms. The third-order valence-corrected chi connectivity index (χ3v) is 9.48. The van der Waals surface area contributed by atoms with Gasteiger partial charge in [-0.3, -0.25) is 4.90 Å². The van der Waals surface area contributed by atoms with Gasteiger partial charge in [0.15, 0.2) is 14.6 Å². The Morgan fingerprint density at radius 1 is 1.06 bits per heavy atom. The zero-order valence-electron chi connectivity index (χ0n) is 20.5. The summed E-state index contributed by atoms with van der Waals surface area (Å²) >= 11 is 3.43. The number of piperidine rings is 1. The van der Waals surface area contributed by atoms with Crippen LogP contribution >= 0.6 is 15.9 Å². The molecule has 9 heteroatoms. The zero-order chi connectivity index (χ0) is 26.0. The van der Waals surface area contributed by atoms with E-state index >= 15 is 0 Å². The van der Waals surface area contributed by atoms with Crippen molar-refractivity contribution in [3.63, 3.8) is 0 Å². The van der Waals surface area contributed by atoms with Crippen molar-refractivity contribution < 1.29 is 22.8 Å². The standard InChI is InChI=1S/C27H33BrN2O5S/c1-2-3-4-5-6-7-20-34-24-12-14-25(15-13-24)36(32,33)27(26(31)35-29)16-18-30(19-17-27)21-22-8-10-23(28)11-9-22/h8-15H,2-5,16-21,29H2,1H3. The van der Waals surface area contributed by atoms with Crippen LogP contribution in [0.2, 0.25) is 0 Å². The second kappa shape index (κ2) is 13.2. The fourth-order valence-electron chi connectivity index (χ4n) is 4.27. The number of ether oxygens (including phenoxy) is 1. The third-order valence-electron chi connectivity index (χ3n) is 6.45. The average Bonchev–Trinajstić information content (AvgIpc) is 2.89. The van der Waals surface area contributed by atoms with Gasteiger partial charge in [-0.15, -0.1) is 0 Å². The Balaban J connectivity index is 1.67. The van der Waals surface area contributed by atoms with Gasteiger partial charge in [0.2, 0.25) is 0 Å². The van der Waals surface area contributed by atoms with E-state index in [4.69, 9.17) is 10.6 Å². The molecule has 2 aromatic rings. The Morgan fingerprint density at radius 2 is 1.72 bits per heavy atom. The number of halogens is 1. The molecule has 1 fully saturated rings. The van der Waals surface area contributed by atoms with Crippen LogP contribution in [0.4, 0.5) is 0 Å². The number of nitrogens with zero attached hydrogens (tertiary/aromatic N) is 1. The van der Waals surface area contributed by atoms with Crippen LogP contribution in [-0.2, 0) is 26.0 Å². The second-order valence-corrected chi connectivity index (χ2v) is 12.1. The molecule has 0 bridgehead atoms. The first-order valence-electron chi connectivity index (χ1n) is 12.1. The summed E-state index contributed by atoms with van der Waals surface area (Å²) in [6, 6.07) is 14.0. The summed E-state index contributed by atoms with van der Waals surface area (Å²) < 4.78 is 32.2. The molecule has 1 heterocycles. The number of rotatable bonds is 10. The number of sulfone groups is 1. The van der Waals surface area contributed by atoms with Crippen molar-refractivity contribution in [1.29, 1.82) is 0 Å². The summed E-state index contributed by atoms with van der Waals surface area (Å²) in [5.41, 5.74) is 1.11. The molecule has 0 atom stereocenters. The minimum atomic E-state index is -4.06. The summed E-state index contributed by atoms with van der Waals surface area (Å²) in [6.07, 6.45) is 4.41. The Hall–Kier alpha value is -2.38. The molecule has 1 aliphatic heterocycles. The Morgan fingerprint density at radius 3 is 2.33 bits per heavy atom. The van der Waals surface area contributed by atoms with Crippen LogP contribution in [0.15, 0.2) is 57.9 Å². The van der Waals surface area contributed by atoms with Crippen molar-refractivity contribution in [3.05, 3.63) is 58.6 Å². The van der Waals surface area contributed by atoms with Crippen molar-refractivity contribution in [2.45, 2.75) is 61.6 Å². The normalized spacial score (nSPS) is 15.5. The van der Waals surface area contributed by atoms with E-state index < -0.39 is 20.6 Å². The van der Waals surface area contributed by atoms with Crippen LogP contribution in [-0.4, -0.2) is 43.7 Å². The summed E-state index contributed by atoms with van der Waals surface area (Å²) in [5, 5.41) is 0. The number of nitrogens with two attached hydrogens (primary N) is 1. The molecule has 36 heavy (non-hydrogen) atoms. The lowest BCUT2D eigenvalue weighted by molar-refractivity contribution is -0.148. The van der Waals surface area contributed by atoms with Gasteiger partial charge >= 0.3 is 5.97 Å². The molecule has 0 radical (unpaired) electrons. The molecule has 1 saturated heterocycles. The minimum absolute atomic E-state index is 0.0345. The van der Waals surface area contributed by atoms with Crippen LogP contribution in [0.5, 0.6) is 5.75 Å².